The molecule has 5 rings (SSSR count). The van der Waals surface area contributed by atoms with E-state index < -0.39 is 5.97 Å². The van der Waals surface area contributed by atoms with E-state index in [9.17, 15) is 14.7 Å². The Kier molecular flexibility index (Phi) is 6.64. The minimum Gasteiger partial charge on any atom is -0.481 e. The van der Waals surface area contributed by atoms with Gasteiger partial charge in [0.05, 0.1) is 35.4 Å². The number of nitrogens with zero attached hydrogens (tertiary/aromatic N) is 5. The van der Waals surface area contributed by atoms with Gasteiger partial charge in [0, 0.05) is 48.6 Å². The summed E-state index contributed by atoms with van der Waals surface area (Å²) >= 11 is 0. The highest BCUT2D eigenvalue weighted by Gasteiger charge is 2.34. The van der Waals surface area contributed by atoms with E-state index in [1.54, 1.807) is 23.5 Å². The van der Waals surface area contributed by atoms with Gasteiger partial charge in [0.15, 0.2) is 0 Å². The summed E-state index contributed by atoms with van der Waals surface area (Å²) in [6.45, 7) is 4.20. The van der Waals surface area contributed by atoms with Crippen LogP contribution in [-0.2, 0) is 22.4 Å². The lowest BCUT2D eigenvalue weighted by Crippen LogP contribution is -2.42. The fourth-order valence-electron chi connectivity index (χ4n) is 5.95. The van der Waals surface area contributed by atoms with Crippen LogP contribution in [-0.4, -0.2) is 49.8 Å². The molecule has 1 amide bonds. The van der Waals surface area contributed by atoms with Crippen molar-refractivity contribution < 1.29 is 19.4 Å². The molecule has 1 saturated carbocycles. The molecule has 3 heterocycles. The average Bonchev–Trinajstić information content (AvgIpc) is 3.29. The van der Waals surface area contributed by atoms with Crippen LogP contribution in [0.3, 0.4) is 0 Å². The second kappa shape index (κ2) is 9.87. The summed E-state index contributed by atoms with van der Waals surface area (Å²) in [5, 5.41) is 9.50. The van der Waals surface area contributed by atoms with Crippen LogP contribution in [0.1, 0.15) is 75.0 Å². The SMILES string of the molecule is COC(=O)N1c2ccc3c(nc([C@@H](C)Cc4cnccn4)n3C3CCC(C(=O)O)CC3)c2CC[C@@H]1C. The van der Waals surface area contributed by atoms with E-state index >= 15 is 0 Å². The molecule has 0 saturated heterocycles. The number of methoxy groups -OCH3 is 1. The summed E-state index contributed by atoms with van der Waals surface area (Å²) in [6.07, 6.45) is 10.1. The summed E-state index contributed by atoms with van der Waals surface area (Å²) in [4.78, 5) is 39.8. The van der Waals surface area contributed by atoms with Gasteiger partial charge >= 0.3 is 12.1 Å². The van der Waals surface area contributed by atoms with E-state index in [4.69, 9.17) is 9.72 Å². The van der Waals surface area contributed by atoms with Gasteiger partial charge in [-0.1, -0.05) is 6.92 Å². The van der Waals surface area contributed by atoms with Crippen molar-refractivity contribution in [2.24, 2.45) is 5.92 Å². The molecule has 2 atom stereocenters. The third-order valence-corrected chi connectivity index (χ3v) is 7.84. The number of benzene rings is 1. The van der Waals surface area contributed by atoms with Crippen molar-refractivity contribution in [1.29, 1.82) is 0 Å². The van der Waals surface area contributed by atoms with Crippen molar-refractivity contribution in [3.8, 4) is 0 Å². The Morgan fingerprint density at radius 2 is 1.94 bits per heavy atom. The fraction of sp³-hybridized carbons (Fsp3) is 0.519. The highest BCUT2D eigenvalue weighted by molar-refractivity contribution is 5.95. The summed E-state index contributed by atoms with van der Waals surface area (Å²) < 4.78 is 7.43. The molecule has 1 N–H and O–H groups in total. The Balaban J connectivity index is 1.60. The molecule has 1 aliphatic heterocycles. The zero-order valence-corrected chi connectivity index (χ0v) is 21.1. The Hall–Kier alpha value is -3.49. The number of aliphatic carboxylic acids is 1. The molecular formula is C27H33N5O4. The summed E-state index contributed by atoms with van der Waals surface area (Å²) in [5.74, 6) is 0.0814. The number of amides is 1. The Morgan fingerprint density at radius 1 is 1.17 bits per heavy atom. The van der Waals surface area contributed by atoms with Crippen LogP contribution in [0.4, 0.5) is 10.5 Å². The van der Waals surface area contributed by atoms with E-state index in [1.165, 1.54) is 7.11 Å². The molecule has 36 heavy (non-hydrogen) atoms. The lowest BCUT2D eigenvalue weighted by atomic mass is 9.85. The van der Waals surface area contributed by atoms with Crippen LogP contribution in [0.2, 0.25) is 0 Å². The quantitative estimate of drug-likeness (QED) is 0.541. The number of imidazole rings is 1. The molecule has 2 aromatic heterocycles. The first-order valence-corrected chi connectivity index (χ1v) is 12.8. The van der Waals surface area contributed by atoms with Crippen molar-refractivity contribution in [2.75, 3.05) is 12.0 Å². The second-order valence-corrected chi connectivity index (χ2v) is 10.1. The minimum absolute atomic E-state index is 0.0471. The fourth-order valence-corrected chi connectivity index (χ4v) is 5.95. The van der Waals surface area contributed by atoms with Gasteiger partial charge in [0.2, 0.25) is 0 Å². The van der Waals surface area contributed by atoms with Crippen molar-refractivity contribution in [3.63, 3.8) is 0 Å². The summed E-state index contributed by atoms with van der Waals surface area (Å²) in [6, 6.07) is 4.31. The molecule has 190 valence electrons. The number of fused-ring (bicyclic) bond motifs is 3. The van der Waals surface area contributed by atoms with Crippen molar-refractivity contribution in [3.05, 3.63) is 47.8 Å². The maximum Gasteiger partial charge on any atom is 0.414 e. The molecule has 0 unspecified atom stereocenters. The Labute approximate surface area is 210 Å². The molecule has 9 nitrogen and oxygen atoms in total. The first-order valence-electron chi connectivity index (χ1n) is 12.8. The smallest absolute Gasteiger partial charge is 0.414 e. The first kappa shape index (κ1) is 24.2. The third kappa shape index (κ3) is 4.31. The topological polar surface area (TPSA) is 110 Å². The maximum absolute atomic E-state index is 12.6. The average molecular weight is 492 g/mol. The number of carboxylic acid groups (broad SMARTS) is 1. The van der Waals surface area contributed by atoms with E-state index in [-0.39, 0.29) is 30.0 Å². The largest absolute Gasteiger partial charge is 0.481 e. The van der Waals surface area contributed by atoms with Gasteiger partial charge in [-0.25, -0.2) is 9.78 Å². The van der Waals surface area contributed by atoms with Crippen LogP contribution < -0.4 is 4.90 Å². The van der Waals surface area contributed by atoms with Gasteiger partial charge in [0.1, 0.15) is 5.82 Å². The lowest BCUT2D eigenvalue weighted by molar-refractivity contribution is -0.143. The first-order chi connectivity index (χ1) is 17.4. The van der Waals surface area contributed by atoms with Crippen LogP contribution in [0.25, 0.3) is 11.0 Å². The summed E-state index contributed by atoms with van der Waals surface area (Å²) in [5.41, 5.74) is 4.82. The molecule has 2 aliphatic rings. The van der Waals surface area contributed by atoms with Crippen LogP contribution in [0.15, 0.2) is 30.7 Å². The molecule has 9 heteroatoms. The van der Waals surface area contributed by atoms with Gasteiger partial charge in [-0.05, 0) is 57.6 Å². The molecule has 3 aromatic rings. The number of carboxylic acids is 1. The van der Waals surface area contributed by atoms with Crippen molar-refractivity contribution >= 4 is 28.8 Å². The molecule has 0 radical (unpaired) electrons. The van der Waals surface area contributed by atoms with Crippen LogP contribution in [0.5, 0.6) is 0 Å². The van der Waals surface area contributed by atoms with Gasteiger partial charge in [-0.15, -0.1) is 0 Å². The lowest BCUT2D eigenvalue weighted by Gasteiger charge is -2.34. The van der Waals surface area contributed by atoms with Crippen LogP contribution >= 0.6 is 0 Å². The van der Waals surface area contributed by atoms with E-state index in [0.29, 0.717) is 19.3 Å². The number of ether oxygens (including phenoxy) is 1. The van der Waals surface area contributed by atoms with Crippen molar-refractivity contribution in [2.45, 2.75) is 76.8 Å². The standard InChI is InChI=1S/C27H33N5O4/c1-16(14-19-15-28-12-13-29-19)25-30-24-21-9-4-17(2)31(27(35)36-3)22(21)10-11-23(24)32(25)20-7-5-18(6-8-20)26(33)34/h10-13,15-18,20H,4-9,14H2,1-3H3,(H,33,34)/t16-,17-,18?,20?/m0/s1. The van der Waals surface area contributed by atoms with Gasteiger partial charge < -0.3 is 14.4 Å². The molecule has 1 aliphatic carbocycles. The number of hydrogen-bond acceptors (Lipinski definition) is 6. The third-order valence-electron chi connectivity index (χ3n) is 7.84. The molecule has 1 fully saturated rings. The van der Waals surface area contributed by atoms with Gasteiger partial charge in [0.25, 0.3) is 0 Å². The maximum atomic E-state index is 12.6. The zero-order valence-electron chi connectivity index (χ0n) is 21.1. The second-order valence-electron chi connectivity index (χ2n) is 10.1. The number of hydrogen-bond donors (Lipinski definition) is 1. The predicted molar refractivity (Wildman–Crippen MR) is 135 cm³/mol. The summed E-state index contributed by atoms with van der Waals surface area (Å²) in [7, 11) is 1.41. The predicted octanol–water partition coefficient (Wildman–Crippen LogP) is 4.90. The normalized spacial score (nSPS) is 22.8. The molecule has 0 spiro atoms. The molecule has 0 bridgehead atoms. The van der Waals surface area contributed by atoms with Gasteiger partial charge in [-0.2, -0.15) is 0 Å². The minimum atomic E-state index is -0.703. The van der Waals surface area contributed by atoms with E-state index in [0.717, 1.165) is 59.5 Å². The number of anilines is 1. The molecular weight excluding hydrogens is 458 g/mol. The van der Waals surface area contributed by atoms with Crippen LogP contribution in [0, 0.1) is 5.92 Å². The van der Waals surface area contributed by atoms with E-state index in [1.807, 2.05) is 13.0 Å². The number of rotatable bonds is 5. The number of aryl methyl sites for hydroxylation is 1. The van der Waals surface area contributed by atoms with Crippen molar-refractivity contribution in [1.82, 2.24) is 19.5 Å². The Bertz CT molecular complexity index is 1270. The van der Waals surface area contributed by atoms with Gasteiger partial charge in [-0.3, -0.25) is 19.7 Å². The highest BCUT2D eigenvalue weighted by Crippen LogP contribution is 2.41. The highest BCUT2D eigenvalue weighted by atomic mass is 16.5. The number of carbonyl (C=O) groups excluding carboxylic acids is 1. The zero-order chi connectivity index (χ0) is 25.4. The monoisotopic (exact) mass is 491 g/mol. The molecule has 1 aromatic carbocycles. The number of aromatic nitrogens is 4. The van der Waals surface area contributed by atoms with E-state index in [2.05, 4.69) is 27.5 Å². The Morgan fingerprint density at radius 3 is 2.61 bits per heavy atom. The number of carbonyl (C=O) groups is 2.